The van der Waals surface area contributed by atoms with Crippen molar-refractivity contribution < 1.29 is 9.59 Å². The predicted octanol–water partition coefficient (Wildman–Crippen LogP) is 0.712. The molecule has 2 saturated heterocycles. The summed E-state index contributed by atoms with van der Waals surface area (Å²) < 4.78 is 0. The Hall–Kier alpha value is -1.10. The predicted molar refractivity (Wildman–Crippen MR) is 123 cm³/mol. The number of carbonyl (C=O) groups excluding carboxylic acids is 2. The molecule has 28 heavy (non-hydrogen) atoms. The number of piperazine rings is 1. The minimum atomic E-state index is -0.149. The summed E-state index contributed by atoms with van der Waals surface area (Å²) in [6, 6.07) is 0. The summed E-state index contributed by atoms with van der Waals surface area (Å²) in [4.78, 5) is 34.0. The Morgan fingerprint density at radius 3 is 2.18 bits per heavy atom. The minimum Gasteiger partial charge on any atom is -0.369 e. The summed E-state index contributed by atoms with van der Waals surface area (Å²) in [5.41, 5.74) is 5.39. The Morgan fingerprint density at radius 1 is 1.04 bits per heavy atom. The number of hydrogen-bond acceptors (Lipinski definition) is 4. The minimum absolute atomic E-state index is 0. The van der Waals surface area contributed by atoms with E-state index in [0.717, 1.165) is 90.5 Å². The summed E-state index contributed by atoms with van der Waals surface area (Å²) in [6.45, 7) is 11.6. The van der Waals surface area contributed by atoms with E-state index in [1.807, 2.05) is 4.90 Å². The van der Waals surface area contributed by atoms with Crippen LogP contribution in [0.4, 0.5) is 0 Å². The first-order valence-electron chi connectivity index (χ1n) is 10.3. The van der Waals surface area contributed by atoms with Crippen LogP contribution in [-0.2, 0) is 9.59 Å². The van der Waals surface area contributed by atoms with E-state index >= 15 is 0 Å². The zero-order valence-electron chi connectivity index (χ0n) is 17.4. The molecule has 2 aliphatic rings. The molecule has 2 fully saturated rings. The van der Waals surface area contributed by atoms with Gasteiger partial charge in [0.2, 0.25) is 11.8 Å². The molecule has 0 aromatic rings. The lowest BCUT2D eigenvalue weighted by Crippen LogP contribution is -2.53. The van der Waals surface area contributed by atoms with Gasteiger partial charge in [0.1, 0.15) is 0 Å². The zero-order chi connectivity index (χ0) is 19.6. The van der Waals surface area contributed by atoms with Crippen LogP contribution < -0.4 is 11.1 Å². The average Bonchev–Trinajstić information content (AvgIpc) is 2.67. The number of unbranched alkanes of at least 4 members (excludes halogenated alkanes) is 1. The van der Waals surface area contributed by atoms with Crippen LogP contribution in [0.2, 0.25) is 0 Å². The first kappa shape index (κ1) is 24.9. The highest BCUT2D eigenvalue weighted by atomic mass is 127. The van der Waals surface area contributed by atoms with E-state index in [-0.39, 0.29) is 41.7 Å². The number of likely N-dealkylation sites (tertiary alicyclic amines) is 1. The van der Waals surface area contributed by atoms with Crippen LogP contribution in [-0.4, -0.2) is 91.4 Å². The van der Waals surface area contributed by atoms with Gasteiger partial charge in [0.25, 0.3) is 0 Å². The molecule has 0 aromatic carbocycles. The third-order valence-electron chi connectivity index (χ3n) is 5.49. The lowest BCUT2D eigenvalue weighted by atomic mass is 9.96. The first-order valence-corrected chi connectivity index (χ1v) is 10.3. The number of rotatable bonds is 7. The molecule has 2 amide bonds. The number of aliphatic imine (C=N–C) groups is 1. The maximum absolute atomic E-state index is 11.5. The summed E-state index contributed by atoms with van der Waals surface area (Å²) in [5, 5.41) is 3.37. The van der Waals surface area contributed by atoms with Crippen molar-refractivity contribution in [3.05, 3.63) is 0 Å². The van der Waals surface area contributed by atoms with E-state index in [0.29, 0.717) is 0 Å². The summed E-state index contributed by atoms with van der Waals surface area (Å²) in [6.07, 6.45) is 3.95. The van der Waals surface area contributed by atoms with E-state index in [2.05, 4.69) is 22.0 Å². The lowest BCUT2D eigenvalue weighted by molar-refractivity contribution is -0.130. The van der Waals surface area contributed by atoms with Crippen molar-refractivity contribution in [1.82, 2.24) is 20.0 Å². The van der Waals surface area contributed by atoms with Gasteiger partial charge in [-0.2, -0.15) is 0 Å². The largest absolute Gasteiger partial charge is 0.369 e. The Morgan fingerprint density at radius 2 is 1.64 bits per heavy atom. The molecule has 162 valence electrons. The summed E-state index contributed by atoms with van der Waals surface area (Å²) >= 11 is 0. The van der Waals surface area contributed by atoms with E-state index in [4.69, 9.17) is 10.7 Å². The molecule has 2 aliphatic heterocycles. The molecule has 3 N–H and O–H groups in total. The maximum Gasteiger partial charge on any atom is 0.220 e. The van der Waals surface area contributed by atoms with Crippen LogP contribution in [0, 0.1) is 5.92 Å². The Labute approximate surface area is 186 Å². The van der Waals surface area contributed by atoms with E-state index in [1.165, 1.54) is 0 Å². The molecule has 0 aliphatic carbocycles. The molecule has 2 rings (SSSR count). The van der Waals surface area contributed by atoms with Gasteiger partial charge in [-0.05, 0) is 52.2 Å². The van der Waals surface area contributed by atoms with Gasteiger partial charge in [-0.1, -0.05) is 0 Å². The van der Waals surface area contributed by atoms with Gasteiger partial charge in [-0.3, -0.25) is 14.6 Å². The molecule has 0 radical (unpaired) electrons. The third-order valence-corrected chi connectivity index (χ3v) is 5.49. The highest BCUT2D eigenvalue weighted by Gasteiger charge is 2.23. The second-order valence-corrected chi connectivity index (χ2v) is 7.45. The Balaban J connectivity index is 0.00000392. The van der Waals surface area contributed by atoms with Gasteiger partial charge in [0, 0.05) is 52.1 Å². The van der Waals surface area contributed by atoms with E-state index in [1.54, 1.807) is 6.92 Å². The number of nitrogens with one attached hydrogen (secondary N) is 1. The second kappa shape index (κ2) is 13.2. The van der Waals surface area contributed by atoms with Crippen LogP contribution in [0.5, 0.6) is 0 Å². The SMILES string of the molecule is CCNC(=NCCCCN1CCC(C(N)=O)CC1)N1CCN(C(C)=O)CC1.I. The number of halogens is 1. The van der Waals surface area contributed by atoms with Crippen molar-refractivity contribution in [3.63, 3.8) is 0 Å². The number of carbonyl (C=O) groups is 2. The zero-order valence-corrected chi connectivity index (χ0v) is 19.7. The molecule has 8 nitrogen and oxygen atoms in total. The van der Waals surface area contributed by atoms with Gasteiger partial charge in [-0.25, -0.2) is 0 Å². The number of guanidine groups is 1. The van der Waals surface area contributed by atoms with Crippen LogP contribution in [0.1, 0.15) is 39.5 Å². The number of nitrogens with zero attached hydrogens (tertiary/aromatic N) is 4. The fourth-order valence-electron chi connectivity index (χ4n) is 3.73. The molecule has 0 atom stereocenters. The lowest BCUT2D eigenvalue weighted by Gasteiger charge is -2.36. The second-order valence-electron chi connectivity index (χ2n) is 7.45. The fourth-order valence-corrected chi connectivity index (χ4v) is 3.73. The van der Waals surface area contributed by atoms with Crippen LogP contribution >= 0.6 is 24.0 Å². The normalized spacial score (nSPS) is 19.3. The van der Waals surface area contributed by atoms with Gasteiger partial charge in [0.15, 0.2) is 5.96 Å². The smallest absolute Gasteiger partial charge is 0.220 e. The first-order chi connectivity index (χ1) is 13.0. The number of piperidine rings is 1. The Kier molecular flexibility index (Phi) is 11.7. The summed E-state index contributed by atoms with van der Waals surface area (Å²) in [7, 11) is 0. The van der Waals surface area contributed by atoms with Crippen molar-refractivity contribution >= 4 is 41.8 Å². The van der Waals surface area contributed by atoms with Crippen molar-refractivity contribution in [3.8, 4) is 0 Å². The highest BCUT2D eigenvalue weighted by Crippen LogP contribution is 2.16. The number of hydrogen-bond donors (Lipinski definition) is 2. The molecular formula is C19H37IN6O2. The van der Waals surface area contributed by atoms with E-state index < -0.39 is 0 Å². The van der Waals surface area contributed by atoms with Crippen LogP contribution in [0.3, 0.4) is 0 Å². The van der Waals surface area contributed by atoms with Gasteiger partial charge >= 0.3 is 0 Å². The standard InChI is InChI=1S/C19H36N6O2.HI/c1-3-21-19(25-14-12-24(13-15-25)16(2)26)22-8-4-5-9-23-10-6-17(7-11-23)18(20)27;/h17H,3-15H2,1-2H3,(H2,20,27)(H,21,22);1H. The van der Waals surface area contributed by atoms with Crippen molar-refractivity contribution in [1.29, 1.82) is 0 Å². The fraction of sp³-hybridized carbons (Fsp3) is 0.842. The van der Waals surface area contributed by atoms with Crippen LogP contribution in [0.15, 0.2) is 4.99 Å². The average molecular weight is 508 g/mol. The molecule has 0 bridgehead atoms. The number of amides is 2. The van der Waals surface area contributed by atoms with Gasteiger partial charge in [0.05, 0.1) is 0 Å². The molecule has 2 heterocycles. The molecule has 0 saturated carbocycles. The van der Waals surface area contributed by atoms with Gasteiger partial charge in [-0.15, -0.1) is 24.0 Å². The summed E-state index contributed by atoms with van der Waals surface area (Å²) in [5.74, 6) is 1.03. The highest BCUT2D eigenvalue weighted by molar-refractivity contribution is 14.0. The van der Waals surface area contributed by atoms with Crippen LogP contribution in [0.25, 0.3) is 0 Å². The van der Waals surface area contributed by atoms with Gasteiger partial charge < -0.3 is 25.8 Å². The maximum atomic E-state index is 11.5. The molecule has 9 heteroatoms. The van der Waals surface area contributed by atoms with Crippen molar-refractivity contribution in [2.24, 2.45) is 16.6 Å². The van der Waals surface area contributed by atoms with Crippen molar-refractivity contribution in [2.45, 2.75) is 39.5 Å². The quantitative estimate of drug-likeness (QED) is 0.229. The third kappa shape index (κ3) is 8.10. The number of primary amides is 1. The monoisotopic (exact) mass is 508 g/mol. The molecule has 0 spiro atoms. The molecule has 0 aromatic heterocycles. The van der Waals surface area contributed by atoms with Crippen molar-refractivity contribution in [2.75, 3.05) is 58.9 Å². The Bertz CT molecular complexity index is 515. The molecule has 0 unspecified atom stereocenters. The molecular weight excluding hydrogens is 471 g/mol. The number of nitrogens with two attached hydrogens (primary N) is 1. The topological polar surface area (TPSA) is 94.3 Å². The van der Waals surface area contributed by atoms with E-state index in [9.17, 15) is 9.59 Å².